The summed E-state index contributed by atoms with van der Waals surface area (Å²) < 4.78 is 11.0. The Labute approximate surface area is 105 Å². The predicted octanol–water partition coefficient (Wildman–Crippen LogP) is -1.13. The van der Waals surface area contributed by atoms with E-state index >= 15 is 0 Å². The van der Waals surface area contributed by atoms with Crippen LogP contribution < -0.4 is 16.4 Å². The van der Waals surface area contributed by atoms with Crippen LogP contribution in [-0.2, 0) is 14.2 Å². The van der Waals surface area contributed by atoms with E-state index in [0.29, 0.717) is 0 Å². The van der Waals surface area contributed by atoms with Gasteiger partial charge in [-0.25, -0.2) is 0 Å². The fourth-order valence-corrected chi connectivity index (χ4v) is 1.89. The molecule has 0 radical (unpaired) electrons. The molecule has 9 heteroatoms. The number of nitrogens with one attached hydrogen (secondary N) is 2. The van der Waals surface area contributed by atoms with Crippen molar-refractivity contribution in [3.05, 3.63) is 0 Å². The Hall–Kier alpha value is -0.950. The summed E-state index contributed by atoms with van der Waals surface area (Å²) >= 11 is 0. The summed E-state index contributed by atoms with van der Waals surface area (Å²) in [6.45, 7) is 4.40. The van der Waals surface area contributed by atoms with E-state index in [1.165, 1.54) is 20.8 Å². The van der Waals surface area contributed by atoms with Crippen LogP contribution in [0.2, 0.25) is 0 Å². The lowest BCUT2D eigenvalue weighted by molar-refractivity contribution is -0.129. The molecule has 0 heterocycles. The topological polar surface area (TPSA) is 142 Å². The molecule has 0 spiro atoms. The monoisotopic (exact) mass is 281 g/mol. The molecule has 0 aromatic carbocycles. The van der Waals surface area contributed by atoms with E-state index in [2.05, 4.69) is 10.6 Å². The third-order valence-corrected chi connectivity index (χ3v) is 3.57. The van der Waals surface area contributed by atoms with E-state index < -0.39 is 37.3 Å². The largest absolute Gasteiger partial charge is 0.347 e. The van der Waals surface area contributed by atoms with Crippen molar-refractivity contribution < 1.29 is 23.9 Å². The molecule has 6 N–H and O–H groups in total. The van der Waals surface area contributed by atoms with Crippen molar-refractivity contribution in [2.24, 2.45) is 5.73 Å². The first-order valence-electron chi connectivity index (χ1n) is 5.51. The minimum absolute atomic E-state index is 0.0873. The number of rotatable bonds is 6. The van der Waals surface area contributed by atoms with Crippen molar-refractivity contribution in [2.75, 3.05) is 0 Å². The summed E-state index contributed by atoms with van der Waals surface area (Å²) in [4.78, 5) is 40.8. The lowest BCUT2D eigenvalue weighted by Gasteiger charge is -2.21. The molecule has 0 rings (SSSR count). The van der Waals surface area contributed by atoms with E-state index in [-0.39, 0.29) is 6.42 Å². The van der Waals surface area contributed by atoms with Gasteiger partial charge < -0.3 is 26.2 Å². The first kappa shape index (κ1) is 17.1. The number of carbonyl (C=O) groups is 2. The molecule has 0 aliphatic heterocycles. The van der Waals surface area contributed by atoms with Crippen LogP contribution in [-0.4, -0.2) is 39.5 Å². The smallest absolute Gasteiger partial charge is 0.343 e. The molecule has 0 aromatic rings. The van der Waals surface area contributed by atoms with E-state index in [0.717, 1.165) is 0 Å². The summed E-state index contributed by atoms with van der Waals surface area (Å²) in [5, 5.41) is 4.52. The summed E-state index contributed by atoms with van der Waals surface area (Å²) in [5.41, 5.74) is 5.31. The van der Waals surface area contributed by atoms with Crippen molar-refractivity contribution in [1.82, 2.24) is 10.6 Å². The standard InChI is InChI=1S/C9H20N3O5P/c1-4-7(18(15,16)17)12-9(14)6(3)11-8(13)5(2)10/h5-7H,4,10H2,1-3H3,(H,11,13)(H,12,14)(H2,15,16,17)/t5-,6-,7-/m0/s1. The van der Waals surface area contributed by atoms with Crippen molar-refractivity contribution in [3.63, 3.8) is 0 Å². The zero-order chi connectivity index (χ0) is 14.5. The summed E-state index contributed by atoms with van der Waals surface area (Å²) in [7, 11) is -4.39. The number of nitrogens with two attached hydrogens (primary N) is 1. The zero-order valence-electron chi connectivity index (χ0n) is 10.6. The molecule has 2 amide bonds. The molecular weight excluding hydrogens is 261 g/mol. The Morgan fingerprint density at radius 3 is 2.06 bits per heavy atom. The van der Waals surface area contributed by atoms with Gasteiger partial charge in [0.15, 0.2) is 0 Å². The average molecular weight is 281 g/mol. The van der Waals surface area contributed by atoms with Gasteiger partial charge in [0.25, 0.3) is 0 Å². The van der Waals surface area contributed by atoms with Gasteiger partial charge in [0.05, 0.1) is 6.04 Å². The average Bonchev–Trinajstić information content (AvgIpc) is 2.23. The molecule has 0 unspecified atom stereocenters. The van der Waals surface area contributed by atoms with Gasteiger partial charge in [0.1, 0.15) is 11.8 Å². The SMILES string of the molecule is CC[C@@H](NC(=O)[C@H](C)NC(=O)[C@H](C)N)P(=O)(O)O. The first-order valence-corrected chi connectivity index (χ1v) is 7.19. The van der Waals surface area contributed by atoms with Gasteiger partial charge in [0.2, 0.25) is 11.8 Å². The van der Waals surface area contributed by atoms with E-state index in [4.69, 9.17) is 15.5 Å². The number of hydrogen-bond acceptors (Lipinski definition) is 4. The highest BCUT2D eigenvalue weighted by Gasteiger charge is 2.30. The van der Waals surface area contributed by atoms with E-state index in [9.17, 15) is 14.2 Å². The van der Waals surface area contributed by atoms with Crippen LogP contribution in [0.25, 0.3) is 0 Å². The molecule has 0 bridgehead atoms. The molecule has 0 fully saturated rings. The highest BCUT2D eigenvalue weighted by molar-refractivity contribution is 7.52. The molecule has 3 atom stereocenters. The van der Waals surface area contributed by atoms with Gasteiger partial charge in [-0.15, -0.1) is 0 Å². The third-order valence-electron chi connectivity index (χ3n) is 2.27. The number of amides is 2. The van der Waals surface area contributed by atoms with E-state index in [1.54, 1.807) is 0 Å². The maximum Gasteiger partial charge on any atom is 0.347 e. The number of hydrogen-bond donors (Lipinski definition) is 5. The molecular formula is C9H20N3O5P. The first-order chi connectivity index (χ1) is 8.09. The summed E-state index contributed by atoms with van der Waals surface area (Å²) in [5.74, 6) is -2.43. The molecule has 0 aliphatic carbocycles. The summed E-state index contributed by atoms with van der Waals surface area (Å²) in [6, 6.07) is -1.67. The van der Waals surface area contributed by atoms with Crippen LogP contribution in [0.3, 0.4) is 0 Å². The van der Waals surface area contributed by atoms with Crippen molar-refractivity contribution in [1.29, 1.82) is 0 Å². The third kappa shape index (κ3) is 5.59. The molecule has 106 valence electrons. The van der Waals surface area contributed by atoms with Gasteiger partial charge in [-0.3, -0.25) is 14.2 Å². The second-order valence-electron chi connectivity index (χ2n) is 4.04. The molecule has 0 aromatic heterocycles. The Morgan fingerprint density at radius 1 is 1.22 bits per heavy atom. The maximum absolute atomic E-state index is 11.6. The fourth-order valence-electron chi connectivity index (χ4n) is 1.12. The molecule has 0 saturated carbocycles. The van der Waals surface area contributed by atoms with Gasteiger partial charge in [-0.2, -0.15) is 0 Å². The van der Waals surface area contributed by atoms with Gasteiger partial charge >= 0.3 is 7.60 Å². The van der Waals surface area contributed by atoms with Gasteiger partial charge in [0, 0.05) is 0 Å². The van der Waals surface area contributed by atoms with E-state index in [1.807, 2.05) is 0 Å². The van der Waals surface area contributed by atoms with Crippen LogP contribution in [0.4, 0.5) is 0 Å². The van der Waals surface area contributed by atoms with Crippen molar-refractivity contribution in [2.45, 2.75) is 45.1 Å². The highest BCUT2D eigenvalue weighted by Crippen LogP contribution is 2.41. The highest BCUT2D eigenvalue weighted by atomic mass is 31.2. The lowest BCUT2D eigenvalue weighted by Crippen LogP contribution is -2.51. The van der Waals surface area contributed by atoms with Crippen LogP contribution in [0.5, 0.6) is 0 Å². The maximum atomic E-state index is 11.6. The Balaban J connectivity index is 4.48. The predicted molar refractivity (Wildman–Crippen MR) is 65.5 cm³/mol. The zero-order valence-corrected chi connectivity index (χ0v) is 11.5. The van der Waals surface area contributed by atoms with Crippen LogP contribution in [0.15, 0.2) is 0 Å². The Kier molecular flexibility index (Phi) is 6.48. The Morgan fingerprint density at radius 2 is 1.72 bits per heavy atom. The van der Waals surface area contributed by atoms with Crippen LogP contribution in [0.1, 0.15) is 27.2 Å². The van der Waals surface area contributed by atoms with Crippen molar-refractivity contribution >= 4 is 19.4 Å². The quantitative estimate of drug-likeness (QED) is 0.390. The van der Waals surface area contributed by atoms with Gasteiger partial charge in [-0.1, -0.05) is 6.92 Å². The van der Waals surface area contributed by atoms with Gasteiger partial charge in [-0.05, 0) is 20.3 Å². The Bertz CT molecular complexity index is 354. The molecule has 18 heavy (non-hydrogen) atoms. The minimum atomic E-state index is -4.39. The minimum Gasteiger partial charge on any atom is -0.343 e. The normalized spacial score (nSPS) is 16.6. The fraction of sp³-hybridized carbons (Fsp3) is 0.778. The molecule has 8 nitrogen and oxygen atoms in total. The molecule has 0 aliphatic rings. The van der Waals surface area contributed by atoms with Crippen LogP contribution in [0, 0.1) is 0 Å². The lowest BCUT2D eigenvalue weighted by atomic mass is 10.2. The van der Waals surface area contributed by atoms with Crippen molar-refractivity contribution in [3.8, 4) is 0 Å². The second-order valence-corrected chi connectivity index (χ2v) is 5.84. The molecule has 0 saturated heterocycles. The summed E-state index contributed by atoms with van der Waals surface area (Å²) in [6.07, 6.45) is 0.0873. The van der Waals surface area contributed by atoms with Crippen LogP contribution >= 0.6 is 7.60 Å². The second kappa shape index (κ2) is 6.84. The number of carbonyl (C=O) groups excluding carboxylic acids is 2.